The van der Waals surface area contributed by atoms with Crippen LogP contribution in [0.4, 0.5) is 11.9 Å². The molecule has 7 nitrogen and oxygen atoms in total. The lowest BCUT2D eigenvalue weighted by atomic mass is 10.2. The number of hydrogen-bond donors (Lipinski definition) is 2. The highest BCUT2D eigenvalue weighted by Gasteiger charge is 2.28. The average Bonchev–Trinajstić information content (AvgIpc) is 3.21. The summed E-state index contributed by atoms with van der Waals surface area (Å²) in [5.41, 5.74) is 14.0. The Morgan fingerprint density at radius 3 is 2.50 bits per heavy atom. The molecule has 0 aliphatic heterocycles. The molecular formula is C14H18N6OS. The number of carbonyl (C=O) groups is 1. The van der Waals surface area contributed by atoms with E-state index in [9.17, 15) is 4.79 Å². The lowest BCUT2D eigenvalue weighted by molar-refractivity contribution is 0.102. The van der Waals surface area contributed by atoms with E-state index in [1.165, 1.54) is 24.6 Å². The largest absolute Gasteiger partial charge is 0.368 e. The smallest absolute Gasteiger partial charge is 0.225 e. The molecule has 8 heteroatoms. The normalized spacial score (nSPS) is 14.3. The minimum atomic E-state index is 0.0579. The van der Waals surface area contributed by atoms with Crippen LogP contribution in [-0.2, 0) is 0 Å². The summed E-state index contributed by atoms with van der Waals surface area (Å²) >= 11 is 1.22. The number of Topliss-reactive ketones (excluding diaryl/α,β-unsaturated/α-hetero) is 1. The van der Waals surface area contributed by atoms with E-state index in [-0.39, 0.29) is 23.4 Å². The van der Waals surface area contributed by atoms with Crippen molar-refractivity contribution in [2.24, 2.45) is 0 Å². The predicted octanol–water partition coefficient (Wildman–Crippen LogP) is 1.76. The van der Waals surface area contributed by atoms with Crippen molar-refractivity contribution in [2.45, 2.75) is 37.9 Å². The highest BCUT2D eigenvalue weighted by Crippen LogP contribution is 2.38. The van der Waals surface area contributed by atoms with Gasteiger partial charge in [-0.05, 0) is 32.8 Å². The van der Waals surface area contributed by atoms with Gasteiger partial charge in [0, 0.05) is 23.0 Å². The van der Waals surface area contributed by atoms with Gasteiger partial charge >= 0.3 is 0 Å². The minimum Gasteiger partial charge on any atom is -0.368 e. The number of hydrogen-bond acceptors (Lipinski definition) is 7. The van der Waals surface area contributed by atoms with Crippen LogP contribution in [0.1, 0.15) is 40.6 Å². The molecule has 1 fully saturated rings. The second-order valence-electron chi connectivity index (χ2n) is 5.43. The van der Waals surface area contributed by atoms with Gasteiger partial charge in [-0.1, -0.05) is 11.8 Å². The fraction of sp³-hybridized carbons (Fsp3) is 0.429. The maximum absolute atomic E-state index is 12.4. The van der Waals surface area contributed by atoms with Crippen LogP contribution in [0.2, 0.25) is 0 Å². The van der Waals surface area contributed by atoms with Gasteiger partial charge in [-0.25, -0.2) is 0 Å². The first-order valence-corrected chi connectivity index (χ1v) is 8.05. The molecule has 0 atom stereocenters. The second kappa shape index (κ2) is 5.60. The number of ketones is 1. The van der Waals surface area contributed by atoms with Gasteiger partial charge in [0.1, 0.15) is 0 Å². The number of nitrogen functional groups attached to an aromatic ring is 2. The van der Waals surface area contributed by atoms with E-state index in [4.69, 9.17) is 11.5 Å². The molecule has 0 unspecified atom stereocenters. The summed E-state index contributed by atoms with van der Waals surface area (Å²) in [6.07, 6.45) is 2.39. The number of nitrogens with zero attached hydrogens (tertiary/aromatic N) is 4. The molecule has 1 aliphatic rings. The molecule has 0 spiro atoms. The zero-order chi connectivity index (χ0) is 15.9. The van der Waals surface area contributed by atoms with Gasteiger partial charge in [0.2, 0.25) is 11.9 Å². The van der Waals surface area contributed by atoms with Crippen molar-refractivity contribution in [3.8, 4) is 0 Å². The molecular weight excluding hydrogens is 300 g/mol. The Bertz CT molecular complexity index is 717. The minimum absolute atomic E-state index is 0.0579. The van der Waals surface area contributed by atoms with Gasteiger partial charge < -0.3 is 16.0 Å². The Morgan fingerprint density at radius 2 is 1.91 bits per heavy atom. The first-order chi connectivity index (χ1) is 10.5. The lowest BCUT2D eigenvalue weighted by Crippen LogP contribution is -2.08. The maximum atomic E-state index is 12.4. The maximum Gasteiger partial charge on any atom is 0.225 e. The van der Waals surface area contributed by atoms with Crippen LogP contribution in [0.25, 0.3) is 0 Å². The molecule has 4 N–H and O–H groups in total. The SMILES string of the molecule is Cc1cc(C(=O)CSc2nc(N)nc(N)n2)c(C)n1C1CC1. The number of carbonyl (C=O) groups excluding carboxylic acids is 1. The number of anilines is 2. The van der Waals surface area contributed by atoms with Crippen molar-refractivity contribution in [1.29, 1.82) is 0 Å². The van der Waals surface area contributed by atoms with Gasteiger partial charge in [0.25, 0.3) is 0 Å². The third-order valence-corrected chi connectivity index (χ3v) is 4.53. The van der Waals surface area contributed by atoms with Crippen LogP contribution in [-0.4, -0.2) is 31.1 Å². The molecule has 22 heavy (non-hydrogen) atoms. The van der Waals surface area contributed by atoms with Crippen molar-refractivity contribution in [1.82, 2.24) is 19.5 Å². The second-order valence-corrected chi connectivity index (χ2v) is 6.37. The van der Waals surface area contributed by atoms with E-state index in [1.807, 2.05) is 19.9 Å². The molecule has 0 saturated heterocycles. The summed E-state index contributed by atoms with van der Waals surface area (Å²) in [5, 5.41) is 0.370. The van der Waals surface area contributed by atoms with Crippen LogP contribution in [0.15, 0.2) is 11.2 Å². The topological polar surface area (TPSA) is 113 Å². The van der Waals surface area contributed by atoms with Crippen LogP contribution in [0.5, 0.6) is 0 Å². The lowest BCUT2D eigenvalue weighted by Gasteiger charge is -2.07. The molecule has 0 radical (unpaired) electrons. The van der Waals surface area contributed by atoms with Gasteiger partial charge in [0.15, 0.2) is 10.9 Å². The summed E-state index contributed by atoms with van der Waals surface area (Å²) in [4.78, 5) is 24.1. The molecule has 2 aromatic heterocycles. The Labute approximate surface area is 132 Å². The summed E-state index contributed by atoms with van der Waals surface area (Å²) in [5.74, 6) is 0.434. The van der Waals surface area contributed by atoms with Gasteiger partial charge in [0.05, 0.1) is 5.75 Å². The molecule has 0 aromatic carbocycles. The summed E-state index contributed by atoms with van der Waals surface area (Å²) in [7, 11) is 0. The number of aryl methyl sites for hydroxylation is 1. The van der Waals surface area contributed by atoms with E-state index in [2.05, 4.69) is 19.5 Å². The van der Waals surface area contributed by atoms with E-state index in [1.54, 1.807) is 0 Å². The van der Waals surface area contributed by atoms with Gasteiger partial charge in [-0.3, -0.25) is 4.79 Å². The Morgan fingerprint density at radius 1 is 1.27 bits per heavy atom. The average molecular weight is 318 g/mol. The summed E-state index contributed by atoms with van der Waals surface area (Å²) < 4.78 is 2.26. The molecule has 0 bridgehead atoms. The Kier molecular flexibility index (Phi) is 3.78. The van der Waals surface area contributed by atoms with Crippen LogP contribution >= 0.6 is 11.8 Å². The number of thioether (sulfide) groups is 1. The van der Waals surface area contributed by atoms with Crippen molar-refractivity contribution in [2.75, 3.05) is 17.2 Å². The predicted molar refractivity (Wildman–Crippen MR) is 85.9 cm³/mol. The van der Waals surface area contributed by atoms with Crippen LogP contribution < -0.4 is 11.5 Å². The fourth-order valence-electron chi connectivity index (χ4n) is 2.61. The zero-order valence-corrected chi connectivity index (χ0v) is 13.4. The van der Waals surface area contributed by atoms with Crippen molar-refractivity contribution < 1.29 is 4.79 Å². The van der Waals surface area contributed by atoms with Gasteiger partial charge in [-0.15, -0.1) is 0 Å². The van der Waals surface area contributed by atoms with Crippen LogP contribution in [0, 0.1) is 13.8 Å². The standard InChI is InChI=1S/C14H18N6OS/c1-7-5-10(8(2)20(7)9-3-4-9)11(21)6-22-14-18-12(15)17-13(16)19-14/h5,9H,3-4,6H2,1-2H3,(H4,15,16,17,18,19). The van der Waals surface area contributed by atoms with Gasteiger partial charge in [-0.2, -0.15) is 15.0 Å². The molecule has 1 saturated carbocycles. The molecule has 3 rings (SSSR count). The van der Waals surface area contributed by atoms with E-state index < -0.39 is 0 Å². The number of nitrogens with two attached hydrogens (primary N) is 2. The first-order valence-electron chi connectivity index (χ1n) is 7.07. The third-order valence-electron chi connectivity index (χ3n) is 3.68. The number of rotatable bonds is 5. The van der Waals surface area contributed by atoms with E-state index in [0.717, 1.165) is 17.0 Å². The molecule has 116 valence electrons. The molecule has 1 aliphatic carbocycles. The Balaban J connectivity index is 1.73. The summed E-state index contributed by atoms with van der Waals surface area (Å²) in [6, 6.07) is 2.53. The molecule has 0 amide bonds. The van der Waals surface area contributed by atoms with Crippen molar-refractivity contribution in [3.05, 3.63) is 23.0 Å². The zero-order valence-electron chi connectivity index (χ0n) is 12.5. The van der Waals surface area contributed by atoms with Crippen LogP contribution in [0.3, 0.4) is 0 Å². The number of aromatic nitrogens is 4. The molecule has 2 aromatic rings. The van der Waals surface area contributed by atoms with E-state index in [0.29, 0.717) is 11.2 Å². The monoisotopic (exact) mass is 318 g/mol. The van der Waals surface area contributed by atoms with Crippen molar-refractivity contribution in [3.63, 3.8) is 0 Å². The van der Waals surface area contributed by atoms with Crippen molar-refractivity contribution >= 4 is 29.4 Å². The Hall–Kier alpha value is -2.09. The fourth-order valence-corrected chi connectivity index (χ4v) is 3.35. The highest BCUT2D eigenvalue weighted by atomic mass is 32.2. The van der Waals surface area contributed by atoms with E-state index >= 15 is 0 Å². The first kappa shape index (κ1) is 14.8. The quantitative estimate of drug-likeness (QED) is 0.638. The third kappa shape index (κ3) is 2.92. The molecule has 2 heterocycles. The summed E-state index contributed by atoms with van der Waals surface area (Å²) in [6.45, 7) is 4.05. The highest BCUT2D eigenvalue weighted by molar-refractivity contribution is 7.99.